The molecule has 2 aromatic carbocycles. The van der Waals surface area contributed by atoms with Crippen LogP contribution in [0.5, 0.6) is 0 Å². The molecule has 1 saturated heterocycles. The highest BCUT2D eigenvalue weighted by Crippen LogP contribution is 2.35. The number of nitrogens with one attached hydrogen (secondary N) is 2. The van der Waals surface area contributed by atoms with E-state index >= 15 is 0 Å². The zero-order chi connectivity index (χ0) is 27.8. The third-order valence-electron chi connectivity index (χ3n) is 6.35. The van der Waals surface area contributed by atoms with Crippen LogP contribution in [0.2, 0.25) is 10.0 Å². The highest BCUT2D eigenvalue weighted by molar-refractivity contribution is 7.98. The van der Waals surface area contributed by atoms with E-state index in [1.165, 1.54) is 17.8 Å². The summed E-state index contributed by atoms with van der Waals surface area (Å²) in [5, 5.41) is 15.5. The van der Waals surface area contributed by atoms with Gasteiger partial charge in [-0.2, -0.15) is 0 Å². The standard InChI is InChI=1S/C27H29Cl2N3O5S/c1-16-5-3-4-6-19(16)26(35)30-15-20(27(36)37)31-25(34)18-11-13-32(14-12-18)22(33)10-8-17-7-9-21(38-2)24(29)23(17)28/h3-10,18,20H,11-15H2,1-2H3,(H,30,35)(H,31,34)(H,36,37)/b10-8+/t20-/m0/s1. The Morgan fingerprint density at radius 3 is 2.42 bits per heavy atom. The highest BCUT2D eigenvalue weighted by Gasteiger charge is 2.30. The molecule has 0 unspecified atom stereocenters. The van der Waals surface area contributed by atoms with Crippen LogP contribution in [0.25, 0.3) is 6.08 Å². The number of rotatable bonds is 9. The largest absolute Gasteiger partial charge is 0.480 e. The molecule has 38 heavy (non-hydrogen) atoms. The molecule has 11 heteroatoms. The second-order valence-electron chi connectivity index (χ2n) is 8.84. The summed E-state index contributed by atoms with van der Waals surface area (Å²) in [5.41, 5.74) is 1.83. The summed E-state index contributed by atoms with van der Waals surface area (Å²) in [6.45, 7) is 2.23. The molecule has 3 amide bonds. The summed E-state index contributed by atoms with van der Waals surface area (Å²) in [7, 11) is 0. The first-order chi connectivity index (χ1) is 18.1. The molecule has 0 aromatic heterocycles. The number of carbonyl (C=O) groups is 4. The number of benzene rings is 2. The van der Waals surface area contributed by atoms with Crippen LogP contribution in [0, 0.1) is 12.8 Å². The third-order valence-corrected chi connectivity index (χ3v) is 8.14. The molecule has 8 nitrogen and oxygen atoms in total. The van der Waals surface area contributed by atoms with Crippen LogP contribution in [0.3, 0.4) is 0 Å². The number of likely N-dealkylation sites (tertiary alicyclic amines) is 1. The second-order valence-corrected chi connectivity index (χ2v) is 10.4. The molecule has 0 saturated carbocycles. The normalized spacial score (nSPS) is 14.8. The molecule has 0 radical (unpaired) electrons. The molecule has 1 aliphatic rings. The molecule has 1 fully saturated rings. The van der Waals surface area contributed by atoms with Gasteiger partial charge in [0, 0.05) is 42.1 Å². The van der Waals surface area contributed by atoms with Crippen LogP contribution in [-0.2, 0) is 14.4 Å². The maximum Gasteiger partial charge on any atom is 0.328 e. The minimum atomic E-state index is -1.27. The second kappa shape index (κ2) is 13.7. The molecule has 1 atom stereocenters. The lowest BCUT2D eigenvalue weighted by Crippen LogP contribution is -2.51. The predicted octanol–water partition coefficient (Wildman–Crippen LogP) is 4.27. The third kappa shape index (κ3) is 7.52. The zero-order valence-corrected chi connectivity index (χ0v) is 23.3. The van der Waals surface area contributed by atoms with Gasteiger partial charge in [-0.05, 0) is 55.4 Å². The molecule has 0 aliphatic carbocycles. The molecule has 0 bridgehead atoms. The van der Waals surface area contributed by atoms with Crippen LogP contribution in [0.15, 0.2) is 47.4 Å². The maximum atomic E-state index is 12.8. The van der Waals surface area contributed by atoms with E-state index in [1.807, 2.05) is 12.3 Å². The number of aryl methyl sites for hydroxylation is 1. The predicted molar refractivity (Wildman–Crippen MR) is 150 cm³/mol. The quantitative estimate of drug-likeness (QED) is 0.302. The number of carbonyl (C=O) groups excluding carboxylic acids is 3. The molecular weight excluding hydrogens is 549 g/mol. The van der Waals surface area contributed by atoms with Crippen molar-refractivity contribution >= 4 is 64.7 Å². The fourth-order valence-electron chi connectivity index (χ4n) is 4.07. The fourth-order valence-corrected chi connectivity index (χ4v) is 5.24. The Balaban J connectivity index is 1.51. The SMILES string of the molecule is CSc1ccc(/C=C/C(=O)N2CCC(C(=O)N[C@@H](CNC(=O)c3ccccc3C)C(=O)O)CC2)c(Cl)c1Cl. The number of carboxylic acid groups (broad SMARTS) is 1. The number of hydrogen-bond donors (Lipinski definition) is 3. The first-order valence-electron chi connectivity index (χ1n) is 12.0. The smallest absolute Gasteiger partial charge is 0.328 e. The minimum absolute atomic E-state index is 0.215. The Kier molecular flexibility index (Phi) is 10.6. The number of carboxylic acids is 1. The van der Waals surface area contributed by atoms with Gasteiger partial charge in [0.1, 0.15) is 6.04 Å². The number of hydrogen-bond acceptors (Lipinski definition) is 5. The average molecular weight is 579 g/mol. The molecule has 2 aromatic rings. The molecule has 0 spiro atoms. The summed E-state index contributed by atoms with van der Waals surface area (Å²) in [4.78, 5) is 52.0. The number of halogens is 2. The van der Waals surface area contributed by atoms with Crippen molar-refractivity contribution in [2.24, 2.45) is 5.92 Å². The van der Waals surface area contributed by atoms with Crippen molar-refractivity contribution < 1.29 is 24.3 Å². The van der Waals surface area contributed by atoms with Crippen LogP contribution < -0.4 is 10.6 Å². The van der Waals surface area contributed by atoms with Gasteiger partial charge in [0.15, 0.2) is 0 Å². The number of amides is 3. The van der Waals surface area contributed by atoms with Gasteiger partial charge in [0.2, 0.25) is 11.8 Å². The van der Waals surface area contributed by atoms with Crippen molar-refractivity contribution in [1.82, 2.24) is 15.5 Å². The fraction of sp³-hybridized carbons (Fsp3) is 0.333. The van der Waals surface area contributed by atoms with Gasteiger partial charge in [0.25, 0.3) is 5.91 Å². The van der Waals surface area contributed by atoms with E-state index in [-0.39, 0.29) is 12.5 Å². The van der Waals surface area contributed by atoms with Crippen molar-refractivity contribution in [2.75, 3.05) is 25.9 Å². The van der Waals surface area contributed by atoms with Crippen molar-refractivity contribution in [2.45, 2.75) is 30.7 Å². The molecule has 202 valence electrons. The maximum absolute atomic E-state index is 12.8. The van der Waals surface area contributed by atoms with E-state index in [9.17, 15) is 24.3 Å². The zero-order valence-electron chi connectivity index (χ0n) is 21.0. The lowest BCUT2D eigenvalue weighted by atomic mass is 9.95. The van der Waals surface area contributed by atoms with E-state index in [2.05, 4.69) is 10.6 Å². The van der Waals surface area contributed by atoms with Crippen LogP contribution in [-0.4, -0.2) is 65.6 Å². The summed E-state index contributed by atoms with van der Waals surface area (Å²) in [5.74, 6) is -2.73. The van der Waals surface area contributed by atoms with Crippen LogP contribution in [0.4, 0.5) is 0 Å². The Hall–Kier alpha value is -3.01. The van der Waals surface area contributed by atoms with Crippen molar-refractivity contribution in [3.63, 3.8) is 0 Å². The molecule has 1 aliphatic heterocycles. The lowest BCUT2D eigenvalue weighted by Gasteiger charge is -2.31. The summed E-state index contributed by atoms with van der Waals surface area (Å²) in [6.07, 6.45) is 5.72. The van der Waals surface area contributed by atoms with Crippen molar-refractivity contribution in [3.8, 4) is 0 Å². The Labute approximate surface area is 235 Å². The number of nitrogens with zero attached hydrogens (tertiary/aromatic N) is 1. The van der Waals surface area contributed by atoms with Crippen LogP contribution >= 0.6 is 35.0 Å². The number of aliphatic carboxylic acids is 1. The Morgan fingerprint density at radius 2 is 1.79 bits per heavy atom. The lowest BCUT2D eigenvalue weighted by molar-refractivity contribution is -0.142. The monoisotopic (exact) mass is 577 g/mol. The Morgan fingerprint density at radius 1 is 1.11 bits per heavy atom. The van der Waals surface area contributed by atoms with Gasteiger partial charge in [-0.25, -0.2) is 4.79 Å². The van der Waals surface area contributed by atoms with Crippen LogP contribution in [0.1, 0.15) is 34.3 Å². The number of piperidine rings is 1. The first kappa shape index (κ1) is 29.5. The number of thioether (sulfide) groups is 1. The molecule has 3 rings (SSSR count). The van der Waals surface area contributed by atoms with Gasteiger partial charge in [-0.3, -0.25) is 14.4 Å². The average Bonchev–Trinajstić information content (AvgIpc) is 2.91. The highest BCUT2D eigenvalue weighted by atomic mass is 35.5. The van der Waals surface area contributed by atoms with E-state index in [4.69, 9.17) is 23.2 Å². The van der Waals surface area contributed by atoms with E-state index < -0.39 is 29.7 Å². The van der Waals surface area contributed by atoms with Gasteiger partial charge in [0.05, 0.1) is 10.0 Å². The molecular formula is C27H29Cl2N3O5S. The van der Waals surface area contributed by atoms with Gasteiger partial charge < -0.3 is 20.6 Å². The topological polar surface area (TPSA) is 116 Å². The van der Waals surface area contributed by atoms with Gasteiger partial charge in [-0.1, -0.05) is 47.5 Å². The van der Waals surface area contributed by atoms with E-state index in [1.54, 1.807) is 48.2 Å². The van der Waals surface area contributed by atoms with Crippen molar-refractivity contribution in [3.05, 3.63) is 69.2 Å². The van der Waals surface area contributed by atoms with Gasteiger partial charge in [-0.15, -0.1) is 11.8 Å². The minimum Gasteiger partial charge on any atom is -0.480 e. The van der Waals surface area contributed by atoms with E-state index in [0.717, 1.165) is 10.5 Å². The van der Waals surface area contributed by atoms with Gasteiger partial charge >= 0.3 is 5.97 Å². The Bertz CT molecular complexity index is 1250. The first-order valence-corrected chi connectivity index (χ1v) is 14.0. The summed E-state index contributed by atoms with van der Waals surface area (Å²) < 4.78 is 0. The molecule has 3 N–H and O–H groups in total. The van der Waals surface area contributed by atoms with Crippen molar-refractivity contribution in [1.29, 1.82) is 0 Å². The molecule has 1 heterocycles. The summed E-state index contributed by atoms with van der Waals surface area (Å²) in [6, 6.07) is 9.32. The van der Waals surface area contributed by atoms with E-state index in [0.29, 0.717) is 47.1 Å². The summed E-state index contributed by atoms with van der Waals surface area (Å²) >= 11 is 14.0.